The Morgan fingerprint density at radius 1 is 1.00 bits per heavy atom. The van der Waals surface area contributed by atoms with Crippen molar-refractivity contribution in [1.82, 2.24) is 14.7 Å². The summed E-state index contributed by atoms with van der Waals surface area (Å²) in [5.74, 6) is -0.606. The minimum atomic E-state index is -0.262. The van der Waals surface area contributed by atoms with Crippen molar-refractivity contribution in [2.75, 3.05) is 13.1 Å². The summed E-state index contributed by atoms with van der Waals surface area (Å²) in [5, 5.41) is 4.37. The predicted octanol–water partition coefficient (Wildman–Crippen LogP) is 3.06. The van der Waals surface area contributed by atoms with E-state index in [1.807, 2.05) is 72.3 Å². The number of nitrogens with zero attached hydrogens (tertiary/aromatic N) is 3. The van der Waals surface area contributed by atoms with Gasteiger partial charge in [-0.25, -0.2) is 0 Å². The second kappa shape index (κ2) is 8.31. The number of amides is 1. The summed E-state index contributed by atoms with van der Waals surface area (Å²) in [6.07, 6.45) is 1.61. The summed E-state index contributed by atoms with van der Waals surface area (Å²) in [4.78, 5) is 26.7. The Bertz CT molecular complexity index is 993. The average Bonchev–Trinajstić information content (AvgIpc) is 3.07. The lowest BCUT2D eigenvalue weighted by atomic mass is 9.99. The third kappa shape index (κ3) is 4.21. The summed E-state index contributed by atoms with van der Waals surface area (Å²) in [7, 11) is 0. The van der Waals surface area contributed by atoms with Crippen LogP contribution < -0.4 is 0 Å². The molecule has 1 amide bonds. The van der Waals surface area contributed by atoms with Gasteiger partial charge in [-0.2, -0.15) is 5.10 Å². The number of esters is 1. The fourth-order valence-corrected chi connectivity index (χ4v) is 3.38. The average molecular weight is 389 g/mol. The van der Waals surface area contributed by atoms with Crippen molar-refractivity contribution in [3.8, 4) is 0 Å². The van der Waals surface area contributed by atoms with Crippen LogP contribution in [-0.4, -0.2) is 39.6 Å². The second-order valence-corrected chi connectivity index (χ2v) is 7.29. The number of benzene rings is 2. The Hall–Kier alpha value is -3.41. The first kappa shape index (κ1) is 18.9. The molecule has 2 aromatic carbocycles. The highest BCUT2D eigenvalue weighted by molar-refractivity contribution is 5.96. The molecule has 1 fully saturated rings. The number of ether oxygens (including phenoxy) is 1. The zero-order valence-electron chi connectivity index (χ0n) is 16.3. The van der Waals surface area contributed by atoms with E-state index in [1.54, 1.807) is 11.1 Å². The smallest absolute Gasteiger partial charge is 0.312 e. The molecule has 0 unspecified atom stereocenters. The van der Waals surface area contributed by atoms with E-state index in [-0.39, 0.29) is 24.4 Å². The van der Waals surface area contributed by atoms with Crippen LogP contribution in [0.1, 0.15) is 27.2 Å². The van der Waals surface area contributed by atoms with Crippen molar-refractivity contribution in [3.05, 3.63) is 89.2 Å². The highest BCUT2D eigenvalue weighted by atomic mass is 16.5. The lowest BCUT2D eigenvalue weighted by Crippen LogP contribution is -2.53. The summed E-state index contributed by atoms with van der Waals surface area (Å²) >= 11 is 0. The van der Waals surface area contributed by atoms with Gasteiger partial charge in [0, 0.05) is 18.8 Å². The van der Waals surface area contributed by atoms with E-state index in [0.29, 0.717) is 25.2 Å². The van der Waals surface area contributed by atoms with Gasteiger partial charge in [0.25, 0.3) is 5.91 Å². The fourth-order valence-electron chi connectivity index (χ4n) is 3.38. The van der Waals surface area contributed by atoms with Gasteiger partial charge >= 0.3 is 5.97 Å². The van der Waals surface area contributed by atoms with E-state index in [2.05, 4.69) is 5.10 Å². The van der Waals surface area contributed by atoms with Gasteiger partial charge in [0.1, 0.15) is 6.61 Å². The number of aromatic nitrogens is 2. The Balaban J connectivity index is 1.31. The summed E-state index contributed by atoms with van der Waals surface area (Å²) in [6.45, 7) is 3.55. The highest BCUT2D eigenvalue weighted by Crippen LogP contribution is 2.22. The number of carbonyl (C=O) groups excluding carboxylic acids is 2. The van der Waals surface area contributed by atoms with E-state index >= 15 is 0 Å². The lowest BCUT2D eigenvalue weighted by Gasteiger charge is -2.37. The van der Waals surface area contributed by atoms with Gasteiger partial charge in [0.15, 0.2) is 0 Å². The monoisotopic (exact) mass is 389 g/mol. The minimum absolute atomic E-state index is 0.0890. The van der Waals surface area contributed by atoms with E-state index in [9.17, 15) is 9.59 Å². The topological polar surface area (TPSA) is 64.4 Å². The molecule has 0 radical (unpaired) electrons. The molecule has 3 aromatic rings. The molecule has 0 atom stereocenters. The molecule has 1 aliphatic heterocycles. The molecule has 29 heavy (non-hydrogen) atoms. The van der Waals surface area contributed by atoms with Crippen LogP contribution in [0.25, 0.3) is 0 Å². The molecule has 0 aliphatic carbocycles. The number of hydrogen-bond donors (Lipinski definition) is 0. The summed E-state index contributed by atoms with van der Waals surface area (Å²) < 4.78 is 7.19. The number of hydrogen-bond acceptors (Lipinski definition) is 4. The van der Waals surface area contributed by atoms with Crippen LogP contribution in [0, 0.1) is 12.8 Å². The van der Waals surface area contributed by atoms with Crippen molar-refractivity contribution < 1.29 is 14.3 Å². The van der Waals surface area contributed by atoms with E-state index in [0.717, 1.165) is 16.8 Å². The maximum atomic E-state index is 12.8. The van der Waals surface area contributed by atoms with Crippen molar-refractivity contribution in [3.63, 3.8) is 0 Å². The standard InChI is InChI=1S/C23H23N3O3/c1-17-21(12-24-26(17)13-18-8-4-2-5-9-18)22(27)25-14-20(15-25)23(28)29-16-19-10-6-3-7-11-19/h2-12,20H,13-16H2,1H3. The Morgan fingerprint density at radius 3 is 2.28 bits per heavy atom. The molecule has 6 heteroatoms. The Labute approximate surface area is 169 Å². The lowest BCUT2D eigenvalue weighted by molar-refractivity contribution is -0.154. The molecule has 4 rings (SSSR count). The van der Waals surface area contributed by atoms with Gasteiger partial charge in [-0.3, -0.25) is 14.3 Å². The molecule has 1 saturated heterocycles. The van der Waals surface area contributed by atoms with Crippen LogP contribution in [0.2, 0.25) is 0 Å². The Kier molecular flexibility index (Phi) is 5.42. The number of carbonyl (C=O) groups is 2. The molecular formula is C23H23N3O3. The molecule has 148 valence electrons. The zero-order chi connectivity index (χ0) is 20.2. The first-order valence-corrected chi connectivity index (χ1v) is 9.68. The Morgan fingerprint density at radius 2 is 1.62 bits per heavy atom. The van der Waals surface area contributed by atoms with Crippen LogP contribution in [0.3, 0.4) is 0 Å². The van der Waals surface area contributed by atoms with Gasteiger partial charge in [0.2, 0.25) is 0 Å². The second-order valence-electron chi connectivity index (χ2n) is 7.29. The van der Waals surface area contributed by atoms with E-state index in [4.69, 9.17) is 4.74 Å². The van der Waals surface area contributed by atoms with Crippen LogP contribution in [0.4, 0.5) is 0 Å². The summed E-state index contributed by atoms with van der Waals surface area (Å²) in [6, 6.07) is 19.6. The van der Waals surface area contributed by atoms with E-state index in [1.165, 1.54) is 0 Å². The number of likely N-dealkylation sites (tertiary alicyclic amines) is 1. The zero-order valence-corrected chi connectivity index (χ0v) is 16.3. The SMILES string of the molecule is Cc1c(C(=O)N2CC(C(=O)OCc3ccccc3)C2)cnn1Cc1ccccc1. The van der Waals surface area contributed by atoms with Crippen molar-refractivity contribution in [2.24, 2.45) is 5.92 Å². The highest BCUT2D eigenvalue weighted by Gasteiger charge is 2.38. The fraction of sp³-hybridized carbons (Fsp3) is 0.261. The minimum Gasteiger partial charge on any atom is -0.460 e. The van der Waals surface area contributed by atoms with Crippen LogP contribution in [0.5, 0.6) is 0 Å². The first-order chi connectivity index (χ1) is 14.1. The van der Waals surface area contributed by atoms with Gasteiger partial charge in [-0.05, 0) is 18.1 Å². The molecule has 2 heterocycles. The molecule has 0 spiro atoms. The van der Waals surface area contributed by atoms with Crippen LogP contribution in [-0.2, 0) is 22.7 Å². The molecule has 0 bridgehead atoms. The maximum absolute atomic E-state index is 12.8. The van der Waals surface area contributed by atoms with Gasteiger partial charge in [-0.1, -0.05) is 60.7 Å². The molecular weight excluding hydrogens is 366 g/mol. The molecule has 6 nitrogen and oxygen atoms in total. The van der Waals surface area contributed by atoms with Gasteiger partial charge < -0.3 is 9.64 Å². The van der Waals surface area contributed by atoms with Crippen LogP contribution in [0.15, 0.2) is 66.9 Å². The van der Waals surface area contributed by atoms with Gasteiger partial charge in [0.05, 0.1) is 24.2 Å². The van der Waals surface area contributed by atoms with Crippen molar-refractivity contribution in [1.29, 1.82) is 0 Å². The normalized spacial score (nSPS) is 13.8. The predicted molar refractivity (Wildman–Crippen MR) is 108 cm³/mol. The van der Waals surface area contributed by atoms with Crippen molar-refractivity contribution in [2.45, 2.75) is 20.1 Å². The quantitative estimate of drug-likeness (QED) is 0.608. The van der Waals surface area contributed by atoms with Crippen LogP contribution >= 0.6 is 0 Å². The molecule has 0 N–H and O–H groups in total. The molecule has 1 aromatic heterocycles. The third-order valence-electron chi connectivity index (χ3n) is 5.23. The largest absolute Gasteiger partial charge is 0.460 e. The first-order valence-electron chi connectivity index (χ1n) is 9.68. The van der Waals surface area contributed by atoms with Gasteiger partial charge in [-0.15, -0.1) is 0 Å². The van der Waals surface area contributed by atoms with Crippen molar-refractivity contribution >= 4 is 11.9 Å². The third-order valence-corrected chi connectivity index (χ3v) is 5.23. The maximum Gasteiger partial charge on any atom is 0.312 e. The van der Waals surface area contributed by atoms with E-state index < -0.39 is 0 Å². The summed E-state index contributed by atoms with van der Waals surface area (Å²) in [5.41, 5.74) is 3.49. The molecule has 0 saturated carbocycles. The molecule has 1 aliphatic rings. The number of rotatable bonds is 6.